The second kappa shape index (κ2) is 10.9. The molecule has 2 N–H and O–H groups in total. The number of anilines is 1. The lowest BCUT2D eigenvalue weighted by Crippen LogP contribution is -2.44. The van der Waals surface area contributed by atoms with Crippen LogP contribution >= 0.6 is 11.8 Å². The fraction of sp³-hybridized carbons (Fsp3) is 0.519. The molecule has 4 nitrogen and oxygen atoms in total. The van der Waals surface area contributed by atoms with Crippen molar-refractivity contribution in [2.24, 2.45) is 5.73 Å². The topological polar surface area (TPSA) is 49.6 Å². The molecule has 1 saturated heterocycles. The number of fused-ring (bicyclic) bond motifs is 1. The highest BCUT2D eigenvalue weighted by Gasteiger charge is 2.34. The molecule has 2 heterocycles. The van der Waals surface area contributed by atoms with Crippen molar-refractivity contribution in [1.29, 1.82) is 0 Å². The molecule has 5 heteroatoms. The van der Waals surface area contributed by atoms with Crippen molar-refractivity contribution < 1.29 is 4.79 Å². The lowest BCUT2D eigenvalue weighted by molar-refractivity contribution is -0.118. The maximum absolute atomic E-state index is 13.6. The SMILES string of the molecule is C[C@@H]1CCC[C@H](C)N1CCCCCN1C(=O)C(c2cccc(CN)c2)Sc2ccccc21. The van der Waals surface area contributed by atoms with Gasteiger partial charge in [-0.05, 0) is 69.3 Å². The van der Waals surface area contributed by atoms with Gasteiger partial charge in [0.25, 0.3) is 0 Å². The van der Waals surface area contributed by atoms with E-state index >= 15 is 0 Å². The molecule has 0 saturated carbocycles. The Morgan fingerprint density at radius 1 is 0.969 bits per heavy atom. The summed E-state index contributed by atoms with van der Waals surface area (Å²) in [6.45, 7) is 7.20. The van der Waals surface area contributed by atoms with Crippen molar-refractivity contribution in [2.45, 2.75) is 81.1 Å². The highest BCUT2D eigenvalue weighted by molar-refractivity contribution is 8.00. The van der Waals surface area contributed by atoms with E-state index in [9.17, 15) is 4.79 Å². The Labute approximate surface area is 197 Å². The number of unbranched alkanes of at least 4 members (excludes halogenated alkanes) is 2. The quantitative estimate of drug-likeness (QED) is 0.519. The van der Waals surface area contributed by atoms with E-state index in [1.165, 1.54) is 37.1 Å². The number of carbonyl (C=O) groups is 1. The van der Waals surface area contributed by atoms with Crippen molar-refractivity contribution in [2.75, 3.05) is 18.0 Å². The van der Waals surface area contributed by atoms with Gasteiger partial charge in [0.15, 0.2) is 0 Å². The number of likely N-dealkylation sites (tertiary alicyclic amines) is 1. The van der Waals surface area contributed by atoms with E-state index in [0.717, 1.165) is 36.2 Å². The number of nitrogens with two attached hydrogens (primary N) is 1. The zero-order valence-corrected chi connectivity index (χ0v) is 20.3. The number of carbonyl (C=O) groups excluding carboxylic acids is 1. The Morgan fingerprint density at radius 2 is 1.72 bits per heavy atom. The molecule has 0 radical (unpaired) electrons. The minimum absolute atomic E-state index is 0.196. The summed E-state index contributed by atoms with van der Waals surface area (Å²) in [5.74, 6) is 0.196. The number of para-hydroxylation sites is 1. The van der Waals surface area contributed by atoms with Gasteiger partial charge in [0.2, 0.25) is 5.91 Å². The second-order valence-electron chi connectivity index (χ2n) is 9.33. The number of amides is 1. The number of piperidine rings is 1. The van der Waals surface area contributed by atoms with Crippen LogP contribution in [0.2, 0.25) is 0 Å². The molecular formula is C27H37N3OS. The Bertz CT molecular complexity index is 907. The van der Waals surface area contributed by atoms with Crippen LogP contribution in [0.25, 0.3) is 0 Å². The third-order valence-corrected chi connectivity index (χ3v) is 8.36. The summed E-state index contributed by atoms with van der Waals surface area (Å²) < 4.78 is 0. The van der Waals surface area contributed by atoms with E-state index in [2.05, 4.69) is 49.1 Å². The standard InChI is InChI=1S/C27H37N3OS/c1-20-10-8-11-21(2)29(20)16-6-3-7-17-30-24-14-4-5-15-25(24)32-26(27(30)31)23-13-9-12-22(18-23)19-28/h4-5,9,12-15,18,20-21,26H,3,6-8,10-11,16-17,19,28H2,1-2H3/t20-,21+,26?. The van der Waals surface area contributed by atoms with Gasteiger partial charge in [0.05, 0.1) is 5.69 Å². The Kier molecular flexibility index (Phi) is 7.93. The molecule has 2 aliphatic heterocycles. The lowest BCUT2D eigenvalue weighted by Gasteiger charge is -2.39. The molecule has 1 fully saturated rings. The molecule has 0 aromatic heterocycles. The summed E-state index contributed by atoms with van der Waals surface area (Å²) in [4.78, 5) is 19.4. The summed E-state index contributed by atoms with van der Waals surface area (Å²) in [6.07, 6.45) is 7.42. The number of thioether (sulfide) groups is 1. The second-order valence-corrected chi connectivity index (χ2v) is 10.5. The lowest BCUT2D eigenvalue weighted by atomic mass is 9.97. The summed E-state index contributed by atoms with van der Waals surface area (Å²) in [7, 11) is 0. The van der Waals surface area contributed by atoms with E-state index in [-0.39, 0.29) is 11.2 Å². The molecule has 2 aromatic carbocycles. The zero-order valence-electron chi connectivity index (χ0n) is 19.5. The first-order valence-electron chi connectivity index (χ1n) is 12.2. The molecule has 2 aromatic rings. The molecular weight excluding hydrogens is 414 g/mol. The molecule has 4 rings (SSSR count). The molecule has 3 atom stereocenters. The van der Waals surface area contributed by atoms with E-state index in [1.807, 2.05) is 23.1 Å². The molecule has 0 bridgehead atoms. The van der Waals surface area contributed by atoms with Crippen LogP contribution in [0, 0.1) is 0 Å². The first kappa shape index (κ1) is 23.3. The zero-order chi connectivity index (χ0) is 22.5. The maximum atomic E-state index is 13.6. The van der Waals surface area contributed by atoms with Crippen LogP contribution in [-0.4, -0.2) is 36.0 Å². The van der Waals surface area contributed by atoms with Gasteiger partial charge in [-0.3, -0.25) is 9.69 Å². The average Bonchev–Trinajstić information content (AvgIpc) is 2.81. The van der Waals surface area contributed by atoms with Crippen LogP contribution in [-0.2, 0) is 11.3 Å². The average molecular weight is 452 g/mol. The Balaban J connectivity index is 1.40. The fourth-order valence-corrected chi connectivity index (χ4v) is 6.42. The third kappa shape index (κ3) is 5.22. The van der Waals surface area contributed by atoms with Gasteiger partial charge in [-0.15, -0.1) is 11.8 Å². The highest BCUT2D eigenvalue weighted by Crippen LogP contribution is 2.46. The number of hydrogen-bond acceptors (Lipinski definition) is 4. The van der Waals surface area contributed by atoms with Crippen LogP contribution in [0.1, 0.15) is 68.7 Å². The first-order valence-corrected chi connectivity index (χ1v) is 13.1. The van der Waals surface area contributed by atoms with Crippen molar-refractivity contribution in [3.05, 3.63) is 59.7 Å². The van der Waals surface area contributed by atoms with Gasteiger partial charge in [0, 0.05) is 30.1 Å². The predicted molar refractivity (Wildman–Crippen MR) is 135 cm³/mol. The van der Waals surface area contributed by atoms with Gasteiger partial charge < -0.3 is 10.6 Å². The monoisotopic (exact) mass is 451 g/mol. The van der Waals surface area contributed by atoms with E-state index < -0.39 is 0 Å². The van der Waals surface area contributed by atoms with Crippen LogP contribution in [0.5, 0.6) is 0 Å². The van der Waals surface area contributed by atoms with E-state index in [0.29, 0.717) is 18.6 Å². The minimum Gasteiger partial charge on any atom is -0.326 e. The fourth-order valence-electron chi connectivity index (χ4n) is 5.20. The minimum atomic E-state index is -0.202. The van der Waals surface area contributed by atoms with Gasteiger partial charge >= 0.3 is 0 Å². The predicted octanol–water partition coefficient (Wildman–Crippen LogP) is 5.76. The summed E-state index contributed by atoms with van der Waals surface area (Å²) in [5.41, 5.74) is 9.03. The van der Waals surface area contributed by atoms with Gasteiger partial charge in [-0.2, -0.15) is 0 Å². The number of hydrogen-bond donors (Lipinski definition) is 1. The van der Waals surface area contributed by atoms with Crippen molar-refractivity contribution in [1.82, 2.24) is 4.90 Å². The summed E-state index contributed by atoms with van der Waals surface area (Å²) >= 11 is 1.67. The Morgan fingerprint density at radius 3 is 2.50 bits per heavy atom. The van der Waals surface area contributed by atoms with Crippen molar-refractivity contribution >= 4 is 23.4 Å². The van der Waals surface area contributed by atoms with Gasteiger partial charge in [0.1, 0.15) is 5.25 Å². The molecule has 0 aliphatic carbocycles. The van der Waals surface area contributed by atoms with Crippen LogP contribution < -0.4 is 10.6 Å². The number of benzene rings is 2. The molecule has 32 heavy (non-hydrogen) atoms. The third-order valence-electron chi connectivity index (χ3n) is 7.05. The van der Waals surface area contributed by atoms with Crippen molar-refractivity contribution in [3.63, 3.8) is 0 Å². The number of nitrogens with zero attached hydrogens (tertiary/aromatic N) is 2. The highest BCUT2D eigenvalue weighted by atomic mass is 32.2. The smallest absolute Gasteiger partial charge is 0.245 e. The number of rotatable bonds is 8. The van der Waals surface area contributed by atoms with Gasteiger partial charge in [-0.25, -0.2) is 0 Å². The maximum Gasteiger partial charge on any atom is 0.245 e. The normalized spacial score (nSPS) is 23.9. The van der Waals surface area contributed by atoms with E-state index in [1.54, 1.807) is 11.8 Å². The van der Waals surface area contributed by atoms with Gasteiger partial charge in [-0.1, -0.05) is 49.2 Å². The summed E-state index contributed by atoms with van der Waals surface area (Å²) in [6, 6.07) is 17.9. The van der Waals surface area contributed by atoms with E-state index in [4.69, 9.17) is 5.73 Å². The molecule has 0 spiro atoms. The van der Waals surface area contributed by atoms with Crippen LogP contribution in [0.15, 0.2) is 53.4 Å². The Hall–Kier alpha value is -1.82. The summed E-state index contributed by atoms with van der Waals surface area (Å²) in [5, 5.41) is -0.202. The molecule has 1 unspecified atom stereocenters. The largest absolute Gasteiger partial charge is 0.326 e. The molecule has 2 aliphatic rings. The first-order chi connectivity index (χ1) is 15.6. The molecule has 1 amide bonds. The van der Waals surface area contributed by atoms with Crippen molar-refractivity contribution in [3.8, 4) is 0 Å². The van der Waals surface area contributed by atoms with Crippen LogP contribution in [0.3, 0.4) is 0 Å². The van der Waals surface area contributed by atoms with Crippen LogP contribution in [0.4, 0.5) is 5.69 Å². The molecule has 172 valence electrons.